The number of nitrogens with one attached hydrogen (secondary N) is 3. The molecule has 0 saturated carbocycles. The normalized spacial score (nSPS) is 13.5. The largest absolute Gasteiger partial charge is 0.357 e. The van der Waals surface area contributed by atoms with E-state index in [1.807, 2.05) is 67.6 Å². The number of likely N-dealkylation sites (N-methyl/N-ethyl adjacent to an activating group) is 1. The number of aryl methyl sites for hydroxylation is 1. The highest BCUT2D eigenvalue weighted by Gasteiger charge is 2.27. The second kappa shape index (κ2) is 13.6. The Labute approximate surface area is 196 Å². The summed E-state index contributed by atoms with van der Waals surface area (Å²) in [6, 6.07) is 17.8. The first-order chi connectivity index (χ1) is 15.4. The Balaban J connectivity index is 2.13. The van der Waals surface area contributed by atoms with Crippen molar-refractivity contribution in [1.29, 1.82) is 0 Å². The Bertz CT molecular complexity index is 861. The molecule has 2 aromatic carbocycles. The summed E-state index contributed by atoms with van der Waals surface area (Å²) in [5.41, 5.74) is 2.01. The fourth-order valence-electron chi connectivity index (χ4n) is 3.40. The van der Waals surface area contributed by atoms with E-state index in [1.165, 1.54) is 7.05 Å². The van der Waals surface area contributed by atoms with E-state index in [4.69, 9.17) is 0 Å². The first-order valence-corrected chi connectivity index (χ1v) is 11.5. The number of rotatable bonds is 12. The van der Waals surface area contributed by atoms with Crippen LogP contribution < -0.4 is 16.0 Å². The molecular formula is C25H33N3O3S. The van der Waals surface area contributed by atoms with Gasteiger partial charge in [-0.3, -0.25) is 14.4 Å². The molecule has 0 bridgehead atoms. The minimum absolute atomic E-state index is 0.275. The fourth-order valence-corrected chi connectivity index (χ4v) is 3.74. The molecule has 0 spiro atoms. The van der Waals surface area contributed by atoms with E-state index in [1.54, 1.807) is 0 Å². The summed E-state index contributed by atoms with van der Waals surface area (Å²) in [5.74, 6) is -0.938. The molecule has 2 rings (SSSR count). The van der Waals surface area contributed by atoms with Crippen LogP contribution in [0.2, 0.25) is 0 Å². The summed E-state index contributed by atoms with van der Waals surface area (Å²) in [4.78, 5) is 38.2. The molecule has 7 heteroatoms. The molecule has 6 nitrogen and oxygen atoms in total. The molecule has 0 saturated heterocycles. The lowest BCUT2D eigenvalue weighted by molar-refractivity contribution is -0.132. The maximum atomic E-state index is 13.2. The second-order valence-corrected chi connectivity index (χ2v) is 8.38. The van der Waals surface area contributed by atoms with Crippen LogP contribution in [0.25, 0.3) is 0 Å². The fraction of sp³-hybridized carbons (Fsp3) is 0.400. The van der Waals surface area contributed by atoms with Crippen LogP contribution >= 0.6 is 12.6 Å². The molecule has 0 heterocycles. The molecule has 172 valence electrons. The SMILES string of the molecule is CCCC(S)C(=O)N[C@@H](CCc1ccccc1)C(=O)N[C@@H](Cc1ccccc1)C(=O)NC. The van der Waals surface area contributed by atoms with E-state index in [2.05, 4.69) is 28.6 Å². The number of benzene rings is 2. The molecule has 3 atom stereocenters. The van der Waals surface area contributed by atoms with Crippen LogP contribution in [-0.2, 0) is 27.2 Å². The van der Waals surface area contributed by atoms with Crippen molar-refractivity contribution < 1.29 is 14.4 Å². The van der Waals surface area contributed by atoms with E-state index < -0.39 is 17.3 Å². The van der Waals surface area contributed by atoms with Crippen LogP contribution in [0.15, 0.2) is 60.7 Å². The quantitative estimate of drug-likeness (QED) is 0.371. The minimum Gasteiger partial charge on any atom is -0.357 e. The standard InChI is InChI=1S/C25H33N3O3S/c1-3-10-22(32)25(31)27-20(16-15-18-11-6-4-7-12-18)24(30)28-21(23(29)26-2)17-19-13-8-5-9-14-19/h4-9,11-14,20-22,32H,3,10,15-17H2,1-2H3,(H,26,29)(H,27,31)(H,28,30)/t20-,21-,22?/m0/s1. The molecule has 0 aromatic heterocycles. The van der Waals surface area contributed by atoms with E-state index in [-0.39, 0.29) is 17.7 Å². The third-order valence-corrected chi connectivity index (χ3v) is 5.72. The summed E-state index contributed by atoms with van der Waals surface area (Å²) < 4.78 is 0. The van der Waals surface area contributed by atoms with Crippen LogP contribution in [0.4, 0.5) is 0 Å². The Morgan fingerprint density at radius 2 is 1.34 bits per heavy atom. The monoisotopic (exact) mass is 455 g/mol. The van der Waals surface area contributed by atoms with Gasteiger partial charge in [-0.05, 0) is 30.4 Å². The Morgan fingerprint density at radius 3 is 1.91 bits per heavy atom. The molecule has 32 heavy (non-hydrogen) atoms. The van der Waals surface area contributed by atoms with Gasteiger partial charge in [0.15, 0.2) is 0 Å². The van der Waals surface area contributed by atoms with Gasteiger partial charge in [0.05, 0.1) is 5.25 Å². The lowest BCUT2D eigenvalue weighted by Crippen LogP contribution is -2.55. The van der Waals surface area contributed by atoms with Gasteiger partial charge in [-0.15, -0.1) is 0 Å². The third-order valence-electron chi connectivity index (χ3n) is 5.22. The van der Waals surface area contributed by atoms with Crippen molar-refractivity contribution in [3.05, 3.63) is 71.8 Å². The van der Waals surface area contributed by atoms with Gasteiger partial charge >= 0.3 is 0 Å². The first-order valence-electron chi connectivity index (χ1n) is 11.0. The summed E-state index contributed by atoms with van der Waals surface area (Å²) in [6.45, 7) is 1.98. The Morgan fingerprint density at radius 1 is 0.781 bits per heavy atom. The number of hydrogen-bond acceptors (Lipinski definition) is 4. The average Bonchev–Trinajstić information content (AvgIpc) is 2.82. The van der Waals surface area contributed by atoms with Gasteiger partial charge in [-0.25, -0.2) is 0 Å². The van der Waals surface area contributed by atoms with Crippen molar-refractivity contribution in [2.45, 2.75) is 56.4 Å². The van der Waals surface area contributed by atoms with Crippen molar-refractivity contribution in [1.82, 2.24) is 16.0 Å². The van der Waals surface area contributed by atoms with E-state index in [0.717, 1.165) is 17.5 Å². The molecule has 2 aromatic rings. The summed E-state index contributed by atoms with van der Waals surface area (Å²) in [7, 11) is 1.54. The number of hydrogen-bond donors (Lipinski definition) is 4. The van der Waals surface area contributed by atoms with E-state index in [0.29, 0.717) is 25.7 Å². The predicted molar refractivity (Wildman–Crippen MR) is 131 cm³/mol. The number of thiol groups is 1. The van der Waals surface area contributed by atoms with Crippen molar-refractivity contribution in [3.63, 3.8) is 0 Å². The summed E-state index contributed by atoms with van der Waals surface area (Å²) in [6.07, 6.45) is 2.83. The number of amides is 3. The molecule has 0 aliphatic carbocycles. The van der Waals surface area contributed by atoms with Crippen LogP contribution in [0.3, 0.4) is 0 Å². The van der Waals surface area contributed by atoms with E-state index >= 15 is 0 Å². The molecule has 0 aliphatic heterocycles. The molecular weight excluding hydrogens is 422 g/mol. The van der Waals surface area contributed by atoms with Gasteiger partial charge in [0.1, 0.15) is 12.1 Å². The lowest BCUT2D eigenvalue weighted by atomic mass is 10.0. The average molecular weight is 456 g/mol. The third kappa shape index (κ3) is 8.38. The molecule has 1 unspecified atom stereocenters. The first kappa shape index (κ1) is 25.5. The maximum absolute atomic E-state index is 13.2. The second-order valence-electron chi connectivity index (χ2n) is 7.76. The van der Waals surface area contributed by atoms with Gasteiger partial charge in [-0.1, -0.05) is 74.0 Å². The van der Waals surface area contributed by atoms with Crippen molar-refractivity contribution >= 4 is 30.4 Å². The topological polar surface area (TPSA) is 87.3 Å². The highest BCUT2D eigenvalue weighted by molar-refractivity contribution is 7.81. The summed E-state index contributed by atoms with van der Waals surface area (Å²) >= 11 is 4.36. The van der Waals surface area contributed by atoms with Crippen molar-refractivity contribution in [2.75, 3.05) is 7.05 Å². The van der Waals surface area contributed by atoms with E-state index in [9.17, 15) is 14.4 Å². The van der Waals surface area contributed by atoms with Crippen LogP contribution in [0.1, 0.15) is 37.3 Å². The zero-order valence-electron chi connectivity index (χ0n) is 18.7. The maximum Gasteiger partial charge on any atom is 0.243 e. The van der Waals surface area contributed by atoms with Gasteiger partial charge in [-0.2, -0.15) is 12.6 Å². The molecule has 0 radical (unpaired) electrons. The zero-order chi connectivity index (χ0) is 23.3. The highest BCUT2D eigenvalue weighted by Crippen LogP contribution is 2.10. The molecule has 0 aliphatic rings. The molecule has 0 fully saturated rings. The number of carbonyl (C=O) groups is 3. The lowest BCUT2D eigenvalue weighted by Gasteiger charge is -2.24. The molecule has 3 N–H and O–H groups in total. The molecule has 3 amide bonds. The highest BCUT2D eigenvalue weighted by atomic mass is 32.1. The van der Waals surface area contributed by atoms with Gasteiger partial charge in [0.2, 0.25) is 17.7 Å². The van der Waals surface area contributed by atoms with Crippen LogP contribution in [0.5, 0.6) is 0 Å². The zero-order valence-corrected chi connectivity index (χ0v) is 19.6. The summed E-state index contributed by atoms with van der Waals surface area (Å²) in [5, 5.41) is 7.81. The van der Waals surface area contributed by atoms with Crippen LogP contribution in [-0.4, -0.2) is 42.1 Å². The minimum atomic E-state index is -0.767. The van der Waals surface area contributed by atoms with Crippen LogP contribution in [0, 0.1) is 0 Å². The smallest absolute Gasteiger partial charge is 0.243 e. The number of carbonyl (C=O) groups excluding carboxylic acids is 3. The Hall–Kier alpha value is -2.80. The van der Waals surface area contributed by atoms with Crippen molar-refractivity contribution in [3.8, 4) is 0 Å². The van der Waals surface area contributed by atoms with Gasteiger partial charge in [0, 0.05) is 13.5 Å². The van der Waals surface area contributed by atoms with Gasteiger partial charge < -0.3 is 16.0 Å². The predicted octanol–water partition coefficient (Wildman–Crippen LogP) is 2.68. The van der Waals surface area contributed by atoms with Crippen molar-refractivity contribution in [2.24, 2.45) is 0 Å². The Kier molecular flexibility index (Phi) is 10.8. The van der Waals surface area contributed by atoms with Gasteiger partial charge in [0.25, 0.3) is 0 Å².